The van der Waals surface area contributed by atoms with Crippen molar-refractivity contribution in [2.24, 2.45) is 7.05 Å². The van der Waals surface area contributed by atoms with Crippen molar-refractivity contribution in [3.8, 4) is 0 Å². The van der Waals surface area contributed by atoms with Crippen molar-refractivity contribution in [3.63, 3.8) is 0 Å². The van der Waals surface area contributed by atoms with E-state index in [0.717, 1.165) is 55.3 Å². The molecule has 6 nitrogen and oxygen atoms in total. The number of carbonyl (C=O) groups is 1. The second-order valence-corrected chi connectivity index (χ2v) is 6.98. The van der Waals surface area contributed by atoms with E-state index in [4.69, 9.17) is 0 Å². The molecular weight excluding hydrogens is 314 g/mol. The van der Waals surface area contributed by atoms with Gasteiger partial charge in [-0.1, -0.05) is 0 Å². The molecule has 1 saturated heterocycles. The molecule has 134 valence electrons. The summed E-state index contributed by atoms with van der Waals surface area (Å²) in [5, 5.41) is 4.43. The van der Waals surface area contributed by atoms with Crippen LogP contribution in [0.2, 0.25) is 0 Å². The van der Waals surface area contributed by atoms with Gasteiger partial charge >= 0.3 is 0 Å². The molecule has 0 atom stereocenters. The Bertz CT molecular complexity index is 759. The zero-order valence-corrected chi connectivity index (χ0v) is 15.6. The third-order valence-electron chi connectivity index (χ3n) is 5.27. The summed E-state index contributed by atoms with van der Waals surface area (Å²) in [7, 11) is 1.95. The van der Waals surface area contributed by atoms with Crippen LogP contribution in [0, 0.1) is 20.8 Å². The summed E-state index contributed by atoms with van der Waals surface area (Å²) < 4.78 is 1.89. The van der Waals surface area contributed by atoms with E-state index in [2.05, 4.69) is 22.0 Å². The Labute approximate surface area is 149 Å². The fourth-order valence-electron chi connectivity index (χ4n) is 3.62. The van der Waals surface area contributed by atoms with E-state index in [1.807, 2.05) is 42.7 Å². The number of rotatable bonds is 4. The third kappa shape index (κ3) is 3.89. The van der Waals surface area contributed by atoms with Gasteiger partial charge in [0.1, 0.15) is 5.82 Å². The number of aryl methyl sites for hydroxylation is 3. The van der Waals surface area contributed by atoms with E-state index in [1.54, 1.807) is 0 Å². The first-order chi connectivity index (χ1) is 12.0. The Morgan fingerprint density at radius 1 is 1.24 bits per heavy atom. The smallest absolute Gasteiger partial charge is 0.222 e. The number of hydrogen-bond acceptors (Lipinski definition) is 4. The van der Waals surface area contributed by atoms with Gasteiger partial charge in [0.25, 0.3) is 0 Å². The fourth-order valence-corrected chi connectivity index (χ4v) is 3.62. The molecule has 1 aliphatic heterocycles. The molecule has 1 fully saturated rings. The van der Waals surface area contributed by atoms with Crippen molar-refractivity contribution < 1.29 is 4.79 Å². The van der Waals surface area contributed by atoms with Crippen LogP contribution in [0.15, 0.2) is 12.3 Å². The Hall–Kier alpha value is -2.24. The largest absolute Gasteiger partial charge is 0.343 e. The summed E-state index contributed by atoms with van der Waals surface area (Å²) in [5.41, 5.74) is 4.40. The predicted octanol–water partition coefficient (Wildman–Crippen LogP) is 2.47. The number of piperidine rings is 1. The first-order valence-electron chi connectivity index (χ1n) is 9.02. The molecule has 1 amide bonds. The highest BCUT2D eigenvalue weighted by Gasteiger charge is 2.25. The van der Waals surface area contributed by atoms with Crippen molar-refractivity contribution in [2.75, 3.05) is 13.1 Å². The average Bonchev–Trinajstić information content (AvgIpc) is 2.85. The number of hydrogen-bond donors (Lipinski definition) is 0. The highest BCUT2D eigenvalue weighted by Crippen LogP contribution is 2.26. The monoisotopic (exact) mass is 341 g/mol. The minimum Gasteiger partial charge on any atom is -0.343 e. The lowest BCUT2D eigenvalue weighted by Gasteiger charge is -2.31. The summed E-state index contributed by atoms with van der Waals surface area (Å²) >= 11 is 0. The first-order valence-corrected chi connectivity index (χ1v) is 9.02. The minimum atomic E-state index is 0.242. The molecule has 1 aliphatic rings. The fraction of sp³-hybridized carbons (Fsp3) is 0.579. The number of likely N-dealkylation sites (tertiary alicyclic amines) is 1. The summed E-state index contributed by atoms with van der Waals surface area (Å²) in [6, 6.07) is 1.92. The molecule has 6 heteroatoms. The number of aromatic nitrogens is 4. The quantitative estimate of drug-likeness (QED) is 0.857. The minimum absolute atomic E-state index is 0.242. The first kappa shape index (κ1) is 17.6. The van der Waals surface area contributed by atoms with Crippen LogP contribution in [0.1, 0.15) is 53.7 Å². The van der Waals surface area contributed by atoms with E-state index >= 15 is 0 Å². The van der Waals surface area contributed by atoms with Gasteiger partial charge in [0.15, 0.2) is 0 Å². The van der Waals surface area contributed by atoms with Gasteiger partial charge in [-0.25, -0.2) is 9.97 Å². The predicted molar refractivity (Wildman–Crippen MR) is 96.3 cm³/mol. The van der Waals surface area contributed by atoms with Crippen LogP contribution < -0.4 is 0 Å². The van der Waals surface area contributed by atoms with E-state index in [1.165, 1.54) is 5.56 Å². The normalized spacial score (nSPS) is 15.6. The van der Waals surface area contributed by atoms with E-state index < -0.39 is 0 Å². The van der Waals surface area contributed by atoms with Gasteiger partial charge < -0.3 is 4.90 Å². The van der Waals surface area contributed by atoms with Gasteiger partial charge in [-0.2, -0.15) is 5.10 Å². The van der Waals surface area contributed by atoms with E-state index in [-0.39, 0.29) is 5.91 Å². The van der Waals surface area contributed by atoms with Crippen LogP contribution in [-0.4, -0.2) is 43.6 Å². The molecule has 3 rings (SSSR count). The van der Waals surface area contributed by atoms with Crippen molar-refractivity contribution in [3.05, 3.63) is 40.7 Å². The number of amides is 1. The molecule has 0 N–H and O–H groups in total. The third-order valence-corrected chi connectivity index (χ3v) is 5.27. The maximum atomic E-state index is 12.6. The number of nitrogens with zero attached hydrogens (tertiary/aromatic N) is 5. The van der Waals surface area contributed by atoms with Gasteiger partial charge in [0, 0.05) is 50.1 Å². The Kier molecular flexibility index (Phi) is 5.16. The van der Waals surface area contributed by atoms with Crippen molar-refractivity contribution >= 4 is 5.91 Å². The van der Waals surface area contributed by atoms with E-state index in [0.29, 0.717) is 12.3 Å². The molecule has 0 spiro atoms. The molecular formula is C19H27N5O. The van der Waals surface area contributed by atoms with Gasteiger partial charge in [-0.05, 0) is 51.7 Å². The molecule has 0 bridgehead atoms. The maximum absolute atomic E-state index is 12.6. The SMILES string of the molecule is Cc1ccnc(C2CCN(C(=O)CCc3c(C)nn(C)c3C)CC2)n1. The Morgan fingerprint density at radius 2 is 1.96 bits per heavy atom. The summed E-state index contributed by atoms with van der Waals surface area (Å²) in [6.45, 7) is 7.66. The summed E-state index contributed by atoms with van der Waals surface area (Å²) in [5.74, 6) is 1.53. The Morgan fingerprint density at radius 3 is 2.56 bits per heavy atom. The molecule has 0 unspecified atom stereocenters. The zero-order chi connectivity index (χ0) is 18.0. The maximum Gasteiger partial charge on any atom is 0.222 e. The molecule has 0 aliphatic carbocycles. The molecule has 0 aromatic carbocycles. The second-order valence-electron chi connectivity index (χ2n) is 6.98. The Balaban J connectivity index is 1.53. The standard InChI is InChI=1S/C19H27N5O/c1-13-7-10-20-19(21-13)16-8-11-24(12-9-16)18(25)6-5-17-14(2)22-23(4)15(17)3/h7,10,16H,5-6,8-9,11-12H2,1-4H3. The van der Waals surface area contributed by atoms with Crippen LogP contribution in [0.5, 0.6) is 0 Å². The average molecular weight is 341 g/mol. The van der Waals surface area contributed by atoms with Crippen LogP contribution in [0.4, 0.5) is 0 Å². The van der Waals surface area contributed by atoms with Crippen molar-refractivity contribution in [1.82, 2.24) is 24.6 Å². The highest BCUT2D eigenvalue weighted by molar-refractivity contribution is 5.76. The van der Waals surface area contributed by atoms with Gasteiger partial charge in [0.2, 0.25) is 5.91 Å². The van der Waals surface area contributed by atoms with Crippen LogP contribution in [0.25, 0.3) is 0 Å². The van der Waals surface area contributed by atoms with Crippen LogP contribution in [0.3, 0.4) is 0 Å². The summed E-state index contributed by atoms with van der Waals surface area (Å²) in [6.07, 6.45) is 5.04. The van der Waals surface area contributed by atoms with Crippen LogP contribution >= 0.6 is 0 Å². The molecule has 2 aromatic rings. The van der Waals surface area contributed by atoms with Crippen molar-refractivity contribution in [2.45, 2.75) is 52.4 Å². The van der Waals surface area contributed by atoms with Gasteiger partial charge in [-0.15, -0.1) is 0 Å². The molecule has 0 saturated carbocycles. The highest BCUT2D eigenvalue weighted by atomic mass is 16.2. The lowest BCUT2D eigenvalue weighted by atomic mass is 9.95. The van der Waals surface area contributed by atoms with Crippen molar-refractivity contribution in [1.29, 1.82) is 0 Å². The second kappa shape index (κ2) is 7.33. The molecule has 25 heavy (non-hydrogen) atoms. The summed E-state index contributed by atoms with van der Waals surface area (Å²) in [4.78, 5) is 23.5. The lowest BCUT2D eigenvalue weighted by molar-refractivity contribution is -0.132. The van der Waals surface area contributed by atoms with E-state index in [9.17, 15) is 4.79 Å². The van der Waals surface area contributed by atoms with Gasteiger partial charge in [0.05, 0.1) is 5.69 Å². The zero-order valence-electron chi connectivity index (χ0n) is 15.6. The lowest BCUT2D eigenvalue weighted by Crippen LogP contribution is -2.38. The topological polar surface area (TPSA) is 63.9 Å². The van der Waals surface area contributed by atoms with Gasteiger partial charge in [-0.3, -0.25) is 9.48 Å². The molecule has 2 aromatic heterocycles. The molecule has 3 heterocycles. The number of carbonyl (C=O) groups excluding carboxylic acids is 1. The molecule has 0 radical (unpaired) electrons. The van der Waals surface area contributed by atoms with Crippen LogP contribution in [-0.2, 0) is 18.3 Å².